The molecule has 0 aliphatic rings. The van der Waals surface area contributed by atoms with Gasteiger partial charge in [0.25, 0.3) is 5.69 Å². The SMILES string of the molecule is O=C(Cl)CCCSSc1ccc([N+](=O)[O-])cn1. The largest absolute Gasteiger partial charge is 0.287 e. The molecule has 0 fully saturated rings. The van der Waals surface area contributed by atoms with Crippen LogP contribution >= 0.6 is 33.2 Å². The van der Waals surface area contributed by atoms with Crippen LogP contribution in [0.5, 0.6) is 0 Å². The van der Waals surface area contributed by atoms with Crippen molar-refractivity contribution in [1.29, 1.82) is 0 Å². The Bertz CT molecular complexity index is 400. The summed E-state index contributed by atoms with van der Waals surface area (Å²) in [6, 6.07) is 3.01. The number of hydrogen-bond donors (Lipinski definition) is 0. The Labute approximate surface area is 111 Å². The molecular formula is C9H9ClN2O3S2. The van der Waals surface area contributed by atoms with E-state index in [0.29, 0.717) is 17.9 Å². The molecule has 1 aromatic heterocycles. The minimum absolute atomic E-state index is 0.0212. The molecule has 0 spiro atoms. The highest BCUT2D eigenvalue weighted by Gasteiger charge is 2.05. The van der Waals surface area contributed by atoms with Crippen LogP contribution in [-0.4, -0.2) is 20.9 Å². The van der Waals surface area contributed by atoms with Gasteiger partial charge in [0.15, 0.2) is 0 Å². The summed E-state index contributed by atoms with van der Waals surface area (Å²) in [6.07, 6.45) is 2.31. The van der Waals surface area contributed by atoms with Gasteiger partial charge in [0.1, 0.15) is 11.2 Å². The molecule has 92 valence electrons. The van der Waals surface area contributed by atoms with Crippen molar-refractivity contribution in [3.63, 3.8) is 0 Å². The van der Waals surface area contributed by atoms with Crippen LogP contribution in [0.15, 0.2) is 23.4 Å². The summed E-state index contributed by atoms with van der Waals surface area (Å²) in [5.74, 6) is 0.780. The molecule has 5 nitrogen and oxygen atoms in total. The fourth-order valence-corrected chi connectivity index (χ4v) is 2.98. The van der Waals surface area contributed by atoms with Gasteiger partial charge in [-0.05, 0) is 34.9 Å². The number of halogens is 1. The molecule has 0 aliphatic heterocycles. The monoisotopic (exact) mass is 292 g/mol. The lowest BCUT2D eigenvalue weighted by atomic mass is 10.4. The van der Waals surface area contributed by atoms with Crippen molar-refractivity contribution in [2.45, 2.75) is 17.9 Å². The van der Waals surface area contributed by atoms with E-state index < -0.39 is 4.92 Å². The average molecular weight is 293 g/mol. The van der Waals surface area contributed by atoms with Crippen molar-refractivity contribution in [1.82, 2.24) is 4.98 Å². The molecule has 0 aromatic carbocycles. The lowest BCUT2D eigenvalue weighted by molar-refractivity contribution is -0.385. The van der Waals surface area contributed by atoms with Gasteiger partial charge in [-0.25, -0.2) is 4.98 Å². The second-order valence-corrected chi connectivity index (χ2v) is 5.83. The highest BCUT2D eigenvalue weighted by atomic mass is 35.5. The average Bonchev–Trinajstić information content (AvgIpc) is 2.29. The number of pyridine rings is 1. The quantitative estimate of drug-likeness (QED) is 0.252. The van der Waals surface area contributed by atoms with E-state index in [4.69, 9.17) is 11.6 Å². The molecule has 1 aromatic rings. The molecule has 0 amide bonds. The molecule has 0 radical (unpaired) electrons. The normalized spacial score (nSPS) is 10.2. The van der Waals surface area contributed by atoms with E-state index in [1.54, 1.807) is 6.07 Å². The lowest BCUT2D eigenvalue weighted by Gasteiger charge is -1.99. The molecule has 0 atom stereocenters. The Balaban J connectivity index is 2.27. The maximum atomic E-state index is 10.5. The van der Waals surface area contributed by atoms with E-state index in [2.05, 4.69) is 4.98 Å². The zero-order valence-electron chi connectivity index (χ0n) is 8.67. The third kappa shape index (κ3) is 5.90. The number of nitrogens with zero attached hydrogens (tertiary/aromatic N) is 2. The second kappa shape index (κ2) is 7.52. The molecule has 1 heterocycles. The molecule has 17 heavy (non-hydrogen) atoms. The van der Waals surface area contributed by atoms with Crippen LogP contribution in [-0.2, 0) is 4.79 Å². The number of carbonyl (C=O) groups is 1. The number of aromatic nitrogens is 1. The van der Waals surface area contributed by atoms with Gasteiger partial charge in [-0.3, -0.25) is 14.9 Å². The van der Waals surface area contributed by atoms with Gasteiger partial charge in [-0.15, -0.1) is 0 Å². The van der Waals surface area contributed by atoms with Crippen LogP contribution in [0.1, 0.15) is 12.8 Å². The van der Waals surface area contributed by atoms with E-state index in [0.717, 1.165) is 5.75 Å². The lowest BCUT2D eigenvalue weighted by Crippen LogP contribution is -1.89. The zero-order valence-corrected chi connectivity index (χ0v) is 11.1. The van der Waals surface area contributed by atoms with Crippen molar-refractivity contribution in [2.24, 2.45) is 0 Å². The molecule has 1 rings (SSSR count). The highest BCUT2D eigenvalue weighted by Crippen LogP contribution is 2.30. The van der Waals surface area contributed by atoms with E-state index in [9.17, 15) is 14.9 Å². The molecule has 0 saturated heterocycles. The minimum atomic E-state index is -0.485. The summed E-state index contributed by atoms with van der Waals surface area (Å²) >= 11 is 5.19. The first-order chi connectivity index (χ1) is 8.09. The molecule has 0 aliphatic carbocycles. The van der Waals surface area contributed by atoms with Crippen molar-refractivity contribution in [2.75, 3.05) is 5.75 Å². The standard InChI is InChI=1S/C9H9ClN2O3S2/c10-8(13)2-1-5-16-17-9-4-3-7(6-11-9)12(14)15/h3-4,6H,1-2,5H2. The second-order valence-electron chi connectivity index (χ2n) is 2.98. The number of nitro groups is 1. The predicted octanol–water partition coefficient (Wildman–Crippen LogP) is 3.28. The predicted molar refractivity (Wildman–Crippen MR) is 69.3 cm³/mol. The van der Waals surface area contributed by atoms with Crippen molar-refractivity contribution < 1.29 is 9.72 Å². The maximum absolute atomic E-state index is 10.5. The first-order valence-electron chi connectivity index (χ1n) is 4.68. The van der Waals surface area contributed by atoms with Gasteiger partial charge in [0, 0.05) is 18.2 Å². The van der Waals surface area contributed by atoms with Crippen LogP contribution in [0.3, 0.4) is 0 Å². The summed E-state index contributed by atoms with van der Waals surface area (Å²) in [5.41, 5.74) is -0.0212. The highest BCUT2D eigenvalue weighted by molar-refractivity contribution is 8.76. The van der Waals surface area contributed by atoms with Crippen LogP contribution in [0.25, 0.3) is 0 Å². The Morgan fingerprint density at radius 3 is 2.82 bits per heavy atom. The van der Waals surface area contributed by atoms with Crippen molar-refractivity contribution in [3.05, 3.63) is 28.4 Å². The first kappa shape index (κ1) is 14.3. The summed E-state index contributed by atoms with van der Waals surface area (Å²) < 4.78 is 0. The topological polar surface area (TPSA) is 73.1 Å². The fraction of sp³-hybridized carbons (Fsp3) is 0.333. The molecular weight excluding hydrogens is 284 g/mol. The van der Waals surface area contributed by atoms with Crippen LogP contribution < -0.4 is 0 Å². The van der Waals surface area contributed by atoms with Crippen LogP contribution in [0.2, 0.25) is 0 Å². The molecule has 0 saturated carbocycles. The van der Waals surface area contributed by atoms with Gasteiger partial charge >= 0.3 is 0 Å². The summed E-state index contributed by atoms with van der Waals surface area (Å²) in [7, 11) is 2.96. The maximum Gasteiger partial charge on any atom is 0.287 e. The number of rotatable bonds is 7. The van der Waals surface area contributed by atoms with Gasteiger partial charge in [0.2, 0.25) is 5.24 Å². The van der Waals surface area contributed by atoms with E-state index in [-0.39, 0.29) is 10.9 Å². The zero-order chi connectivity index (χ0) is 12.7. The molecule has 0 unspecified atom stereocenters. The van der Waals surface area contributed by atoms with Gasteiger partial charge in [-0.2, -0.15) is 0 Å². The van der Waals surface area contributed by atoms with E-state index in [1.807, 2.05) is 0 Å². The Morgan fingerprint density at radius 2 is 2.29 bits per heavy atom. The molecule has 0 N–H and O–H groups in total. The molecule has 0 bridgehead atoms. The van der Waals surface area contributed by atoms with Gasteiger partial charge in [-0.1, -0.05) is 10.8 Å². The first-order valence-corrected chi connectivity index (χ1v) is 7.37. The van der Waals surface area contributed by atoms with E-state index >= 15 is 0 Å². The minimum Gasteiger partial charge on any atom is -0.281 e. The van der Waals surface area contributed by atoms with Crippen molar-refractivity contribution >= 4 is 44.1 Å². The third-order valence-electron chi connectivity index (χ3n) is 1.68. The summed E-state index contributed by atoms with van der Waals surface area (Å²) in [6.45, 7) is 0. The van der Waals surface area contributed by atoms with Crippen LogP contribution in [0.4, 0.5) is 5.69 Å². The Kier molecular flexibility index (Phi) is 6.31. The Morgan fingerprint density at radius 1 is 1.53 bits per heavy atom. The molecule has 8 heteroatoms. The van der Waals surface area contributed by atoms with Crippen LogP contribution in [0, 0.1) is 10.1 Å². The van der Waals surface area contributed by atoms with Gasteiger partial charge in [0.05, 0.1) is 4.92 Å². The number of hydrogen-bond acceptors (Lipinski definition) is 6. The number of carbonyl (C=O) groups excluding carboxylic acids is 1. The summed E-state index contributed by atoms with van der Waals surface area (Å²) in [4.78, 5) is 24.3. The van der Waals surface area contributed by atoms with Crippen molar-refractivity contribution in [3.8, 4) is 0 Å². The smallest absolute Gasteiger partial charge is 0.281 e. The third-order valence-corrected chi connectivity index (χ3v) is 4.22. The van der Waals surface area contributed by atoms with E-state index in [1.165, 1.54) is 33.9 Å². The van der Waals surface area contributed by atoms with Gasteiger partial charge < -0.3 is 0 Å². The Hall–Kier alpha value is -0.790. The fourth-order valence-electron chi connectivity index (χ4n) is 0.902. The summed E-state index contributed by atoms with van der Waals surface area (Å²) in [5, 5.41) is 10.8.